The van der Waals surface area contributed by atoms with E-state index in [-0.39, 0.29) is 12.3 Å². The van der Waals surface area contributed by atoms with Crippen LogP contribution in [0.15, 0.2) is 36.5 Å². The highest BCUT2D eigenvalue weighted by atomic mass is 16.5. The molecular weight excluding hydrogens is 402 g/mol. The number of hydrogen-bond acceptors (Lipinski definition) is 8. The normalized spacial score (nSPS) is 14.5. The maximum Gasteiger partial charge on any atom is 0.307 e. The molecule has 0 aliphatic carbocycles. The number of morpholine rings is 1. The zero-order chi connectivity index (χ0) is 22.2. The number of methoxy groups -OCH3 is 3. The van der Waals surface area contributed by atoms with Crippen molar-refractivity contribution in [1.29, 1.82) is 0 Å². The molecule has 3 rings (SSSR count). The summed E-state index contributed by atoms with van der Waals surface area (Å²) in [5.41, 5.74) is 1.08. The Bertz CT molecular complexity index is 897. The Morgan fingerprint density at radius 1 is 1.10 bits per heavy atom. The predicted octanol–water partition coefficient (Wildman–Crippen LogP) is 1.97. The van der Waals surface area contributed by atoms with E-state index in [4.69, 9.17) is 18.9 Å². The van der Waals surface area contributed by atoms with Gasteiger partial charge in [-0.3, -0.25) is 9.59 Å². The van der Waals surface area contributed by atoms with Crippen molar-refractivity contribution in [2.75, 3.05) is 52.5 Å². The number of amides is 1. The fourth-order valence-corrected chi connectivity index (χ4v) is 3.31. The fraction of sp³-hybridized carbons (Fsp3) is 0.409. The lowest BCUT2D eigenvalue weighted by Gasteiger charge is -2.27. The second kappa shape index (κ2) is 10.6. The maximum atomic E-state index is 12.9. The Hall–Kier alpha value is -3.33. The molecule has 1 fully saturated rings. The van der Waals surface area contributed by atoms with Crippen LogP contribution in [0, 0.1) is 0 Å². The van der Waals surface area contributed by atoms with E-state index in [2.05, 4.69) is 15.2 Å². The van der Waals surface area contributed by atoms with Crippen molar-refractivity contribution in [2.24, 2.45) is 0 Å². The second-order valence-electron chi connectivity index (χ2n) is 6.93. The van der Waals surface area contributed by atoms with Crippen LogP contribution in [0.25, 0.3) is 0 Å². The van der Waals surface area contributed by atoms with Gasteiger partial charge in [0.1, 0.15) is 5.82 Å². The van der Waals surface area contributed by atoms with Gasteiger partial charge >= 0.3 is 5.97 Å². The van der Waals surface area contributed by atoms with Gasteiger partial charge in [-0.2, -0.15) is 0 Å². The molecule has 0 saturated carbocycles. The van der Waals surface area contributed by atoms with Crippen molar-refractivity contribution < 1.29 is 28.5 Å². The lowest BCUT2D eigenvalue weighted by Crippen LogP contribution is -2.36. The van der Waals surface area contributed by atoms with Gasteiger partial charge in [-0.05, 0) is 29.8 Å². The lowest BCUT2D eigenvalue weighted by molar-refractivity contribution is -0.141. The van der Waals surface area contributed by atoms with E-state index in [9.17, 15) is 9.59 Å². The Kier molecular flexibility index (Phi) is 7.66. The minimum absolute atomic E-state index is 0.0307. The summed E-state index contributed by atoms with van der Waals surface area (Å²) in [6.45, 7) is 2.84. The van der Waals surface area contributed by atoms with Crippen molar-refractivity contribution in [3.8, 4) is 11.5 Å². The number of carbonyl (C=O) groups excluding carboxylic acids is 2. The fourth-order valence-electron chi connectivity index (χ4n) is 3.31. The molecule has 0 bridgehead atoms. The molecule has 166 valence electrons. The van der Waals surface area contributed by atoms with Crippen molar-refractivity contribution in [1.82, 2.24) is 10.3 Å². The van der Waals surface area contributed by atoms with Crippen LogP contribution in [0.3, 0.4) is 0 Å². The van der Waals surface area contributed by atoms with Crippen LogP contribution in [0.2, 0.25) is 0 Å². The highest BCUT2D eigenvalue weighted by Gasteiger charge is 2.22. The molecule has 2 heterocycles. The van der Waals surface area contributed by atoms with E-state index in [0.29, 0.717) is 35.8 Å². The van der Waals surface area contributed by atoms with Crippen LogP contribution in [0.1, 0.15) is 28.4 Å². The third-order valence-corrected chi connectivity index (χ3v) is 5.06. The van der Waals surface area contributed by atoms with Crippen LogP contribution in [-0.4, -0.2) is 64.5 Å². The molecular formula is C22H27N3O6. The molecule has 1 N–H and O–H groups in total. The van der Waals surface area contributed by atoms with E-state index < -0.39 is 12.0 Å². The van der Waals surface area contributed by atoms with Crippen molar-refractivity contribution in [3.05, 3.63) is 47.7 Å². The number of nitrogens with one attached hydrogen (secondary N) is 1. The summed E-state index contributed by atoms with van der Waals surface area (Å²) in [5, 5.41) is 2.89. The monoisotopic (exact) mass is 429 g/mol. The third kappa shape index (κ3) is 5.64. The molecule has 0 unspecified atom stereocenters. The number of nitrogens with zero attached hydrogens (tertiary/aromatic N) is 2. The first-order chi connectivity index (χ1) is 15.0. The van der Waals surface area contributed by atoms with E-state index in [1.807, 2.05) is 6.07 Å². The number of pyridine rings is 1. The summed E-state index contributed by atoms with van der Waals surface area (Å²) in [7, 11) is 4.38. The number of esters is 1. The number of rotatable bonds is 8. The third-order valence-electron chi connectivity index (χ3n) is 5.06. The Balaban J connectivity index is 1.77. The average molecular weight is 429 g/mol. The Labute approximate surface area is 181 Å². The number of anilines is 1. The molecule has 9 heteroatoms. The van der Waals surface area contributed by atoms with Crippen molar-refractivity contribution >= 4 is 17.7 Å². The van der Waals surface area contributed by atoms with E-state index >= 15 is 0 Å². The number of hydrogen-bond donors (Lipinski definition) is 1. The molecule has 9 nitrogen and oxygen atoms in total. The van der Waals surface area contributed by atoms with Crippen molar-refractivity contribution in [2.45, 2.75) is 12.5 Å². The summed E-state index contributed by atoms with van der Waals surface area (Å²) in [6, 6.07) is 8.15. The Morgan fingerprint density at radius 2 is 1.84 bits per heavy atom. The zero-order valence-corrected chi connectivity index (χ0v) is 17.9. The van der Waals surface area contributed by atoms with Gasteiger partial charge in [-0.25, -0.2) is 4.98 Å². The molecule has 1 aromatic carbocycles. The SMILES string of the molecule is COC(=O)C[C@@H](NC(=O)c1ccc(N2CCOCC2)nc1)c1ccc(OC)c(OC)c1. The van der Waals surface area contributed by atoms with Gasteiger partial charge in [-0.1, -0.05) is 6.07 Å². The van der Waals surface area contributed by atoms with Gasteiger partial charge < -0.3 is 29.2 Å². The van der Waals surface area contributed by atoms with Crippen LogP contribution in [0.5, 0.6) is 11.5 Å². The summed E-state index contributed by atoms with van der Waals surface area (Å²) in [5.74, 6) is 1.06. The van der Waals surface area contributed by atoms with Gasteiger partial charge in [0.05, 0.1) is 52.6 Å². The van der Waals surface area contributed by atoms with Crippen LogP contribution in [0.4, 0.5) is 5.82 Å². The molecule has 0 spiro atoms. The maximum absolute atomic E-state index is 12.9. The number of benzene rings is 1. The van der Waals surface area contributed by atoms with Gasteiger partial charge in [-0.15, -0.1) is 0 Å². The molecule has 1 aliphatic heterocycles. The van der Waals surface area contributed by atoms with Crippen molar-refractivity contribution in [3.63, 3.8) is 0 Å². The predicted molar refractivity (Wildman–Crippen MR) is 114 cm³/mol. The van der Waals surface area contributed by atoms with Crippen LogP contribution >= 0.6 is 0 Å². The first-order valence-corrected chi connectivity index (χ1v) is 9.94. The van der Waals surface area contributed by atoms with Gasteiger partial charge in [0.15, 0.2) is 11.5 Å². The molecule has 1 aromatic heterocycles. The smallest absolute Gasteiger partial charge is 0.307 e. The minimum Gasteiger partial charge on any atom is -0.493 e. The second-order valence-corrected chi connectivity index (χ2v) is 6.93. The highest BCUT2D eigenvalue weighted by Crippen LogP contribution is 2.31. The summed E-state index contributed by atoms with van der Waals surface area (Å²) in [4.78, 5) is 31.3. The van der Waals surface area contributed by atoms with Gasteiger partial charge in [0.25, 0.3) is 5.91 Å². The standard InChI is InChI=1S/C22H27N3O6/c1-28-18-6-4-15(12-19(18)29-2)17(13-21(26)30-3)24-22(27)16-5-7-20(23-14-16)25-8-10-31-11-9-25/h4-7,12,14,17H,8-11,13H2,1-3H3,(H,24,27)/t17-/m1/s1. The molecule has 0 radical (unpaired) electrons. The Morgan fingerprint density at radius 3 is 2.45 bits per heavy atom. The van der Waals surface area contributed by atoms with Crippen LogP contribution in [-0.2, 0) is 14.3 Å². The van der Waals surface area contributed by atoms with Gasteiger partial charge in [0.2, 0.25) is 0 Å². The molecule has 1 amide bonds. The van der Waals surface area contributed by atoms with Gasteiger partial charge in [0, 0.05) is 19.3 Å². The largest absolute Gasteiger partial charge is 0.493 e. The zero-order valence-electron chi connectivity index (χ0n) is 17.9. The molecule has 1 aliphatic rings. The summed E-state index contributed by atoms with van der Waals surface area (Å²) >= 11 is 0. The molecule has 31 heavy (non-hydrogen) atoms. The number of ether oxygens (including phenoxy) is 4. The van der Waals surface area contributed by atoms with E-state index in [1.54, 1.807) is 31.4 Å². The summed E-state index contributed by atoms with van der Waals surface area (Å²) < 4.78 is 20.8. The average Bonchev–Trinajstić information content (AvgIpc) is 2.83. The van der Waals surface area contributed by atoms with E-state index in [0.717, 1.165) is 18.9 Å². The highest BCUT2D eigenvalue weighted by molar-refractivity contribution is 5.94. The first-order valence-electron chi connectivity index (χ1n) is 9.94. The molecule has 1 saturated heterocycles. The minimum atomic E-state index is -0.612. The summed E-state index contributed by atoms with van der Waals surface area (Å²) in [6.07, 6.45) is 1.50. The number of aromatic nitrogens is 1. The van der Waals surface area contributed by atoms with Crippen LogP contribution < -0.4 is 19.7 Å². The van der Waals surface area contributed by atoms with E-state index in [1.165, 1.54) is 20.4 Å². The molecule has 1 atom stereocenters. The quantitative estimate of drug-likeness (QED) is 0.636. The topological polar surface area (TPSA) is 99.2 Å². The first kappa shape index (κ1) is 22.4. The molecule has 2 aromatic rings. The number of carbonyl (C=O) groups is 2. The lowest BCUT2D eigenvalue weighted by atomic mass is 10.0.